The molecule has 1 aromatic heterocycles. The average Bonchev–Trinajstić information content (AvgIpc) is 3.58. The van der Waals surface area contributed by atoms with Gasteiger partial charge in [-0.2, -0.15) is 10.4 Å². The molecule has 11 heteroatoms. The third-order valence-corrected chi connectivity index (χ3v) is 6.98. The molecule has 0 aliphatic carbocycles. The third kappa shape index (κ3) is 5.27. The van der Waals surface area contributed by atoms with Crippen molar-refractivity contribution in [3.8, 4) is 6.07 Å². The van der Waals surface area contributed by atoms with Gasteiger partial charge in [0.05, 0.1) is 49.0 Å². The normalized spacial score (nSPS) is 16.8. The summed E-state index contributed by atoms with van der Waals surface area (Å²) in [5, 5.41) is 34.8. The second kappa shape index (κ2) is 11.2. The van der Waals surface area contributed by atoms with Gasteiger partial charge in [0, 0.05) is 11.6 Å². The smallest absolute Gasteiger partial charge is 0.137 e. The largest absolute Gasteiger partial charge is 0.394 e. The Bertz CT molecular complexity index is 1250. The molecular formula is C25H25F2N5O3S. The zero-order chi connectivity index (χ0) is 25.7. The SMILES string of the molecule is C[C@H](N1CSC=C1c1ccc(C#N)cc1)[C@@](Cn1cncn1)(OCC(O)CO)c1ccc(F)cc1F. The van der Waals surface area contributed by atoms with E-state index in [1.54, 1.807) is 23.9 Å². The number of nitriles is 1. The van der Waals surface area contributed by atoms with Gasteiger partial charge in [-0.3, -0.25) is 0 Å². The minimum Gasteiger partial charge on any atom is -0.394 e. The van der Waals surface area contributed by atoms with Crippen LogP contribution >= 0.6 is 11.8 Å². The minimum atomic E-state index is -1.47. The predicted molar refractivity (Wildman–Crippen MR) is 130 cm³/mol. The molecule has 188 valence electrons. The van der Waals surface area contributed by atoms with E-state index in [4.69, 9.17) is 10.00 Å². The molecule has 1 aliphatic rings. The fourth-order valence-electron chi connectivity index (χ4n) is 4.23. The highest BCUT2D eigenvalue weighted by Gasteiger charge is 2.46. The van der Waals surface area contributed by atoms with Gasteiger partial charge in [0.25, 0.3) is 0 Å². The molecule has 2 N–H and O–H groups in total. The summed E-state index contributed by atoms with van der Waals surface area (Å²) in [6.45, 7) is 1.00. The predicted octanol–water partition coefficient (Wildman–Crippen LogP) is 3.09. The van der Waals surface area contributed by atoms with Crippen molar-refractivity contribution < 1.29 is 23.7 Å². The highest BCUT2D eigenvalue weighted by atomic mass is 32.2. The first-order valence-electron chi connectivity index (χ1n) is 11.2. The summed E-state index contributed by atoms with van der Waals surface area (Å²) in [5.41, 5.74) is 0.829. The Morgan fingerprint density at radius 2 is 2.03 bits per heavy atom. The number of halogens is 2. The van der Waals surface area contributed by atoms with E-state index in [1.165, 1.54) is 23.4 Å². The molecule has 4 rings (SSSR count). The van der Waals surface area contributed by atoms with Crippen LogP contribution in [0.3, 0.4) is 0 Å². The van der Waals surface area contributed by atoms with Crippen LogP contribution in [-0.2, 0) is 16.9 Å². The maximum Gasteiger partial charge on any atom is 0.137 e. The van der Waals surface area contributed by atoms with Crippen molar-refractivity contribution in [2.75, 3.05) is 19.1 Å². The van der Waals surface area contributed by atoms with Gasteiger partial charge in [-0.05, 0) is 36.1 Å². The molecule has 8 nitrogen and oxygen atoms in total. The Balaban J connectivity index is 1.81. The molecular weight excluding hydrogens is 488 g/mol. The number of hydrogen-bond acceptors (Lipinski definition) is 8. The van der Waals surface area contributed by atoms with Crippen LogP contribution in [0.5, 0.6) is 0 Å². The van der Waals surface area contributed by atoms with E-state index >= 15 is 4.39 Å². The van der Waals surface area contributed by atoms with Crippen molar-refractivity contribution in [2.24, 2.45) is 0 Å². The fourth-order valence-corrected chi connectivity index (χ4v) is 5.25. The number of thioether (sulfide) groups is 1. The van der Waals surface area contributed by atoms with E-state index in [0.29, 0.717) is 11.4 Å². The molecule has 0 bridgehead atoms. The highest BCUT2D eigenvalue weighted by molar-refractivity contribution is 8.02. The quantitative estimate of drug-likeness (QED) is 0.426. The number of rotatable bonds is 10. The summed E-state index contributed by atoms with van der Waals surface area (Å²) in [5.74, 6) is -1.02. The standard InChI is InChI=1S/C25H25F2N5O3S/c1-17(32-16-36-12-24(32)19-4-2-18(9-28)3-5-19)25(35-11-21(34)10-33,13-31-15-29-14-30-31)22-7-6-20(26)8-23(22)27/h2-8,12,14-15,17,21,33-34H,10-11,13,16H2,1H3/t17-,21?,25+/m0/s1. The zero-order valence-electron chi connectivity index (χ0n) is 19.5. The van der Waals surface area contributed by atoms with Crippen molar-refractivity contribution in [3.05, 3.63) is 88.9 Å². The summed E-state index contributed by atoms with van der Waals surface area (Å²) >= 11 is 1.54. The van der Waals surface area contributed by atoms with Gasteiger partial charge >= 0.3 is 0 Å². The maximum atomic E-state index is 15.4. The first kappa shape index (κ1) is 25.8. The van der Waals surface area contributed by atoms with Crippen LogP contribution in [0.2, 0.25) is 0 Å². The van der Waals surface area contributed by atoms with Gasteiger partial charge in [0.1, 0.15) is 36.0 Å². The molecule has 1 unspecified atom stereocenters. The number of benzene rings is 2. The van der Waals surface area contributed by atoms with E-state index in [9.17, 15) is 14.6 Å². The van der Waals surface area contributed by atoms with E-state index < -0.39 is 36.0 Å². The number of hydrogen-bond donors (Lipinski definition) is 2. The van der Waals surface area contributed by atoms with Crippen molar-refractivity contribution >= 4 is 17.5 Å². The van der Waals surface area contributed by atoms with E-state index in [2.05, 4.69) is 16.2 Å². The van der Waals surface area contributed by atoms with Crippen molar-refractivity contribution in [3.63, 3.8) is 0 Å². The van der Waals surface area contributed by atoms with Crippen LogP contribution < -0.4 is 0 Å². The molecule has 36 heavy (non-hydrogen) atoms. The molecule has 2 heterocycles. The number of ether oxygens (including phenoxy) is 1. The van der Waals surface area contributed by atoms with Crippen LogP contribution in [0.4, 0.5) is 8.78 Å². The van der Waals surface area contributed by atoms with E-state index in [0.717, 1.165) is 23.4 Å². The summed E-state index contributed by atoms with van der Waals surface area (Å²) in [6, 6.07) is 11.9. The zero-order valence-corrected chi connectivity index (χ0v) is 20.3. The summed E-state index contributed by atoms with van der Waals surface area (Å²) in [7, 11) is 0. The lowest BCUT2D eigenvalue weighted by molar-refractivity contribution is -0.134. The molecule has 0 spiro atoms. The second-order valence-corrected chi connectivity index (χ2v) is 9.22. The Morgan fingerprint density at radius 3 is 2.67 bits per heavy atom. The molecule has 0 saturated carbocycles. The van der Waals surface area contributed by atoms with Gasteiger partial charge in [0.15, 0.2) is 0 Å². The minimum absolute atomic E-state index is 0.00329. The van der Waals surface area contributed by atoms with Crippen LogP contribution in [-0.4, -0.2) is 61.1 Å². The molecule has 3 aromatic rings. The molecule has 2 aromatic carbocycles. The first-order valence-corrected chi connectivity index (χ1v) is 12.2. The number of aliphatic hydroxyl groups is 2. The van der Waals surface area contributed by atoms with Crippen molar-refractivity contribution in [1.82, 2.24) is 19.7 Å². The molecule has 0 saturated heterocycles. The monoisotopic (exact) mass is 513 g/mol. The Hall–Kier alpha value is -3.30. The lowest BCUT2D eigenvalue weighted by Gasteiger charge is -2.45. The lowest BCUT2D eigenvalue weighted by atomic mass is 9.84. The second-order valence-electron chi connectivity index (χ2n) is 8.39. The van der Waals surface area contributed by atoms with Crippen LogP contribution in [0.25, 0.3) is 5.70 Å². The van der Waals surface area contributed by atoms with E-state index in [-0.39, 0.29) is 18.7 Å². The van der Waals surface area contributed by atoms with Crippen LogP contribution in [0, 0.1) is 23.0 Å². The Kier molecular flexibility index (Phi) is 8.01. The van der Waals surface area contributed by atoms with E-state index in [1.807, 2.05) is 29.4 Å². The summed E-state index contributed by atoms with van der Waals surface area (Å²) < 4.78 is 37.0. The van der Waals surface area contributed by atoms with Gasteiger partial charge in [-0.1, -0.05) is 18.2 Å². The third-order valence-electron chi connectivity index (χ3n) is 6.16. The topological polar surface area (TPSA) is 107 Å². The maximum absolute atomic E-state index is 15.4. The van der Waals surface area contributed by atoms with Crippen LogP contribution in [0.15, 0.2) is 60.5 Å². The first-order chi connectivity index (χ1) is 17.4. The van der Waals surface area contributed by atoms with Gasteiger partial charge in [-0.25, -0.2) is 18.4 Å². The lowest BCUT2D eigenvalue weighted by Crippen LogP contribution is -2.53. The number of aromatic nitrogens is 3. The molecule has 1 aliphatic heterocycles. The van der Waals surface area contributed by atoms with Crippen molar-refractivity contribution in [2.45, 2.75) is 31.2 Å². The molecule has 0 amide bonds. The molecule has 3 atom stereocenters. The average molecular weight is 514 g/mol. The fraction of sp³-hybridized carbons (Fsp3) is 0.320. The van der Waals surface area contributed by atoms with Gasteiger partial charge < -0.3 is 19.8 Å². The molecule has 0 fully saturated rings. The van der Waals surface area contributed by atoms with Crippen molar-refractivity contribution in [1.29, 1.82) is 5.26 Å². The summed E-state index contributed by atoms with van der Waals surface area (Å²) in [6.07, 6.45) is 1.59. The number of nitrogens with zero attached hydrogens (tertiary/aromatic N) is 5. The van der Waals surface area contributed by atoms with Gasteiger partial charge in [0.2, 0.25) is 0 Å². The number of aliphatic hydroxyl groups excluding tert-OH is 2. The highest BCUT2D eigenvalue weighted by Crippen LogP contribution is 2.42. The Labute approximate surface area is 211 Å². The Morgan fingerprint density at radius 1 is 1.25 bits per heavy atom. The van der Waals surface area contributed by atoms with Crippen LogP contribution in [0.1, 0.15) is 23.6 Å². The summed E-state index contributed by atoms with van der Waals surface area (Å²) in [4.78, 5) is 6.01. The van der Waals surface area contributed by atoms with Gasteiger partial charge in [-0.15, -0.1) is 11.8 Å². The molecule has 0 radical (unpaired) electrons.